The molecule has 31 heavy (non-hydrogen) atoms. The molecule has 1 unspecified atom stereocenters. The van der Waals surface area contributed by atoms with Gasteiger partial charge in [-0.15, -0.1) is 11.8 Å². The van der Waals surface area contributed by atoms with E-state index in [1.807, 2.05) is 50.2 Å². The van der Waals surface area contributed by atoms with Gasteiger partial charge in [0.15, 0.2) is 0 Å². The molecular formula is C24H23ClN2O3S. The fourth-order valence-electron chi connectivity index (χ4n) is 2.79. The van der Waals surface area contributed by atoms with E-state index in [0.29, 0.717) is 34.3 Å². The van der Waals surface area contributed by atoms with E-state index in [-0.39, 0.29) is 17.1 Å². The van der Waals surface area contributed by atoms with E-state index in [1.54, 1.807) is 36.4 Å². The van der Waals surface area contributed by atoms with E-state index in [0.717, 1.165) is 4.90 Å². The van der Waals surface area contributed by atoms with Gasteiger partial charge in [0, 0.05) is 21.2 Å². The number of carbonyl (C=O) groups is 2. The summed E-state index contributed by atoms with van der Waals surface area (Å²) in [6.45, 7) is 4.27. The van der Waals surface area contributed by atoms with Gasteiger partial charge < -0.3 is 15.4 Å². The maximum Gasteiger partial charge on any atom is 0.255 e. The molecule has 160 valence electrons. The van der Waals surface area contributed by atoms with Gasteiger partial charge in [-0.3, -0.25) is 9.59 Å². The summed E-state index contributed by atoms with van der Waals surface area (Å²) in [5, 5.41) is 5.95. The highest BCUT2D eigenvalue weighted by atomic mass is 35.5. The van der Waals surface area contributed by atoms with E-state index in [9.17, 15) is 9.59 Å². The molecule has 2 N–H and O–H groups in total. The van der Waals surface area contributed by atoms with Crippen molar-refractivity contribution in [3.05, 3.63) is 83.4 Å². The predicted octanol–water partition coefficient (Wildman–Crippen LogP) is 6.11. The van der Waals surface area contributed by atoms with Crippen LogP contribution in [0, 0.1) is 0 Å². The normalized spacial score (nSPS) is 11.5. The van der Waals surface area contributed by atoms with Gasteiger partial charge in [0.05, 0.1) is 17.5 Å². The van der Waals surface area contributed by atoms with Gasteiger partial charge in [-0.2, -0.15) is 0 Å². The molecule has 0 aliphatic rings. The van der Waals surface area contributed by atoms with Crippen molar-refractivity contribution in [1.82, 2.24) is 0 Å². The van der Waals surface area contributed by atoms with Crippen molar-refractivity contribution in [2.75, 3.05) is 17.2 Å². The minimum absolute atomic E-state index is 0.115. The number of halogens is 1. The van der Waals surface area contributed by atoms with Crippen LogP contribution in [0.2, 0.25) is 5.02 Å². The van der Waals surface area contributed by atoms with Gasteiger partial charge in [-0.25, -0.2) is 0 Å². The van der Waals surface area contributed by atoms with E-state index < -0.39 is 0 Å². The topological polar surface area (TPSA) is 67.4 Å². The van der Waals surface area contributed by atoms with Crippen LogP contribution in [0.1, 0.15) is 24.2 Å². The van der Waals surface area contributed by atoms with Gasteiger partial charge >= 0.3 is 0 Å². The molecule has 2 amide bonds. The largest absolute Gasteiger partial charge is 0.492 e. The second-order valence-corrected chi connectivity index (χ2v) is 8.52. The summed E-state index contributed by atoms with van der Waals surface area (Å²) >= 11 is 7.37. The van der Waals surface area contributed by atoms with Crippen molar-refractivity contribution >= 4 is 46.6 Å². The standard InChI is InChI=1S/C24H23ClN2O3S/c1-3-30-22-10-5-4-9-21(22)27-23(28)16(2)31-20-13-11-19(12-14-20)26-24(29)17-7-6-8-18(25)15-17/h4-16H,3H2,1-2H3,(H,26,29)(H,27,28). The number of rotatable bonds is 8. The van der Waals surface area contributed by atoms with Crippen LogP contribution in [0.4, 0.5) is 11.4 Å². The third-order valence-corrected chi connectivity index (χ3v) is 5.67. The van der Waals surface area contributed by atoms with E-state index >= 15 is 0 Å². The van der Waals surface area contributed by atoms with Gasteiger partial charge in [0.2, 0.25) is 5.91 Å². The minimum atomic E-state index is -0.318. The fraction of sp³-hybridized carbons (Fsp3) is 0.167. The Morgan fingerprint density at radius 3 is 2.45 bits per heavy atom. The number of hydrogen-bond donors (Lipinski definition) is 2. The molecule has 0 saturated heterocycles. The number of ether oxygens (including phenoxy) is 1. The number of anilines is 2. The first-order chi connectivity index (χ1) is 15.0. The zero-order valence-electron chi connectivity index (χ0n) is 17.2. The first kappa shape index (κ1) is 22.7. The SMILES string of the molecule is CCOc1ccccc1NC(=O)C(C)Sc1ccc(NC(=O)c2cccc(Cl)c2)cc1. The Hall–Kier alpha value is -2.96. The van der Waals surface area contributed by atoms with Crippen LogP contribution in [-0.4, -0.2) is 23.7 Å². The zero-order chi connectivity index (χ0) is 22.2. The summed E-state index contributed by atoms with van der Waals surface area (Å²) in [6.07, 6.45) is 0. The van der Waals surface area contributed by atoms with Gasteiger partial charge in [-0.05, 0) is 68.4 Å². The summed E-state index contributed by atoms with van der Waals surface area (Å²) in [5.41, 5.74) is 1.81. The summed E-state index contributed by atoms with van der Waals surface area (Å²) in [4.78, 5) is 25.9. The molecule has 0 radical (unpaired) electrons. The highest BCUT2D eigenvalue weighted by molar-refractivity contribution is 8.00. The molecule has 7 heteroatoms. The molecule has 0 heterocycles. The third-order valence-electron chi connectivity index (χ3n) is 4.33. The maximum absolute atomic E-state index is 12.6. The number of nitrogens with one attached hydrogen (secondary N) is 2. The summed E-state index contributed by atoms with van der Waals surface area (Å²) in [5.74, 6) is 0.300. The fourth-order valence-corrected chi connectivity index (χ4v) is 3.85. The molecule has 0 aliphatic carbocycles. The molecule has 3 rings (SSSR count). The lowest BCUT2D eigenvalue weighted by molar-refractivity contribution is -0.115. The Morgan fingerprint density at radius 1 is 1.00 bits per heavy atom. The van der Waals surface area contributed by atoms with Crippen LogP contribution in [0.25, 0.3) is 0 Å². The van der Waals surface area contributed by atoms with Gasteiger partial charge in [0.25, 0.3) is 5.91 Å². The van der Waals surface area contributed by atoms with Crippen molar-refractivity contribution in [1.29, 1.82) is 0 Å². The minimum Gasteiger partial charge on any atom is -0.492 e. The smallest absolute Gasteiger partial charge is 0.255 e. The summed E-state index contributed by atoms with van der Waals surface area (Å²) in [6, 6.07) is 21.5. The van der Waals surface area contributed by atoms with Crippen LogP contribution in [0.3, 0.4) is 0 Å². The molecular weight excluding hydrogens is 432 g/mol. The molecule has 1 atom stereocenters. The monoisotopic (exact) mass is 454 g/mol. The van der Waals surface area contributed by atoms with Crippen molar-refractivity contribution < 1.29 is 14.3 Å². The molecule has 3 aromatic rings. The zero-order valence-corrected chi connectivity index (χ0v) is 18.8. The van der Waals surface area contributed by atoms with Crippen molar-refractivity contribution in [3.63, 3.8) is 0 Å². The Kier molecular flexibility index (Phi) is 7.98. The van der Waals surface area contributed by atoms with Crippen LogP contribution in [0.15, 0.2) is 77.7 Å². The van der Waals surface area contributed by atoms with Gasteiger partial charge in [0.1, 0.15) is 5.75 Å². The number of hydrogen-bond acceptors (Lipinski definition) is 4. The molecule has 5 nitrogen and oxygen atoms in total. The molecule has 0 fully saturated rings. The lowest BCUT2D eigenvalue weighted by Crippen LogP contribution is -2.22. The number of carbonyl (C=O) groups excluding carboxylic acids is 2. The highest BCUT2D eigenvalue weighted by Gasteiger charge is 2.16. The second kappa shape index (κ2) is 10.9. The number of amides is 2. The van der Waals surface area contributed by atoms with E-state index in [2.05, 4.69) is 10.6 Å². The van der Waals surface area contributed by atoms with E-state index in [4.69, 9.17) is 16.3 Å². The second-order valence-electron chi connectivity index (χ2n) is 6.67. The first-order valence-electron chi connectivity index (χ1n) is 9.82. The Balaban J connectivity index is 1.58. The molecule has 0 spiro atoms. The molecule has 0 saturated carbocycles. The summed E-state index contributed by atoms with van der Waals surface area (Å²) < 4.78 is 5.56. The van der Waals surface area contributed by atoms with Crippen LogP contribution in [0.5, 0.6) is 5.75 Å². The lowest BCUT2D eigenvalue weighted by Gasteiger charge is -2.15. The molecule has 3 aromatic carbocycles. The van der Waals surface area contributed by atoms with Crippen LogP contribution >= 0.6 is 23.4 Å². The molecule has 0 bridgehead atoms. The number of thioether (sulfide) groups is 1. The first-order valence-corrected chi connectivity index (χ1v) is 11.1. The third kappa shape index (κ3) is 6.51. The van der Waals surface area contributed by atoms with Gasteiger partial charge in [-0.1, -0.05) is 29.8 Å². The quantitative estimate of drug-likeness (QED) is 0.403. The van der Waals surface area contributed by atoms with Crippen molar-refractivity contribution in [2.45, 2.75) is 24.0 Å². The van der Waals surface area contributed by atoms with Crippen LogP contribution in [-0.2, 0) is 4.79 Å². The predicted molar refractivity (Wildman–Crippen MR) is 127 cm³/mol. The van der Waals surface area contributed by atoms with Crippen LogP contribution < -0.4 is 15.4 Å². The highest BCUT2D eigenvalue weighted by Crippen LogP contribution is 2.28. The molecule has 0 aromatic heterocycles. The Morgan fingerprint density at radius 2 is 1.74 bits per heavy atom. The Labute approximate surface area is 191 Å². The van der Waals surface area contributed by atoms with E-state index in [1.165, 1.54) is 11.8 Å². The summed E-state index contributed by atoms with van der Waals surface area (Å²) in [7, 11) is 0. The van der Waals surface area contributed by atoms with Crippen molar-refractivity contribution in [2.24, 2.45) is 0 Å². The average molecular weight is 455 g/mol. The lowest BCUT2D eigenvalue weighted by atomic mass is 10.2. The number of para-hydroxylation sites is 2. The maximum atomic E-state index is 12.6. The number of benzene rings is 3. The Bertz CT molecular complexity index is 1060. The van der Waals surface area contributed by atoms with Crippen molar-refractivity contribution in [3.8, 4) is 5.75 Å². The molecule has 0 aliphatic heterocycles. The average Bonchev–Trinajstić information content (AvgIpc) is 2.76.